The van der Waals surface area contributed by atoms with Gasteiger partial charge in [0.15, 0.2) is 0 Å². The van der Waals surface area contributed by atoms with Gasteiger partial charge in [0.2, 0.25) is 5.95 Å². The normalized spacial score (nSPS) is 24.1. The summed E-state index contributed by atoms with van der Waals surface area (Å²) < 4.78 is 5.77. The van der Waals surface area contributed by atoms with Crippen LogP contribution >= 0.6 is 0 Å². The molecule has 5 heteroatoms. The van der Waals surface area contributed by atoms with E-state index in [2.05, 4.69) is 34.4 Å². The third-order valence-corrected chi connectivity index (χ3v) is 4.16. The monoisotopic (exact) mass is 278 g/mol. The molecule has 2 unspecified atom stereocenters. The molecule has 1 saturated carbocycles. The molecule has 0 bridgehead atoms. The summed E-state index contributed by atoms with van der Waals surface area (Å²) in [5.74, 6) is 1.60. The van der Waals surface area contributed by atoms with E-state index in [1.165, 1.54) is 0 Å². The number of nitrogens with one attached hydrogen (secondary N) is 2. The average molecular weight is 278 g/mol. The SMILES string of the molecule is CCNc1ncc(C)c(NC2CC(OCC)C2(C)C)n1. The first kappa shape index (κ1) is 15.0. The molecule has 2 rings (SSSR count). The summed E-state index contributed by atoms with van der Waals surface area (Å²) >= 11 is 0. The van der Waals surface area contributed by atoms with Crippen LogP contribution in [0.25, 0.3) is 0 Å². The molecule has 0 spiro atoms. The highest BCUT2D eigenvalue weighted by molar-refractivity contribution is 5.48. The Morgan fingerprint density at radius 3 is 2.75 bits per heavy atom. The molecule has 5 nitrogen and oxygen atoms in total. The summed E-state index contributed by atoms with van der Waals surface area (Å²) in [6, 6.07) is 0.391. The van der Waals surface area contributed by atoms with Gasteiger partial charge in [0, 0.05) is 36.4 Å². The van der Waals surface area contributed by atoms with Crippen molar-refractivity contribution in [2.45, 2.75) is 53.2 Å². The highest BCUT2D eigenvalue weighted by atomic mass is 16.5. The predicted molar refractivity (Wildman–Crippen MR) is 82.2 cm³/mol. The highest BCUT2D eigenvalue weighted by Gasteiger charge is 2.49. The maximum absolute atomic E-state index is 5.77. The van der Waals surface area contributed by atoms with Gasteiger partial charge in [-0.25, -0.2) is 4.98 Å². The summed E-state index contributed by atoms with van der Waals surface area (Å²) in [5.41, 5.74) is 1.20. The van der Waals surface area contributed by atoms with Crippen LogP contribution in [-0.4, -0.2) is 35.3 Å². The molecule has 2 atom stereocenters. The molecule has 0 amide bonds. The van der Waals surface area contributed by atoms with Gasteiger partial charge in [-0.3, -0.25) is 0 Å². The molecular formula is C15H26N4O. The van der Waals surface area contributed by atoms with E-state index in [0.29, 0.717) is 18.1 Å². The van der Waals surface area contributed by atoms with Gasteiger partial charge in [0.05, 0.1) is 6.10 Å². The maximum Gasteiger partial charge on any atom is 0.224 e. The number of ether oxygens (including phenoxy) is 1. The average Bonchev–Trinajstić information content (AvgIpc) is 2.41. The minimum atomic E-state index is 0.131. The molecule has 0 radical (unpaired) electrons. The maximum atomic E-state index is 5.77. The van der Waals surface area contributed by atoms with Gasteiger partial charge in [-0.2, -0.15) is 4.98 Å². The van der Waals surface area contributed by atoms with Crippen molar-refractivity contribution in [3.05, 3.63) is 11.8 Å². The number of anilines is 2. The van der Waals surface area contributed by atoms with Crippen LogP contribution in [0.3, 0.4) is 0 Å². The number of aryl methyl sites for hydroxylation is 1. The van der Waals surface area contributed by atoms with Crippen LogP contribution in [0, 0.1) is 12.3 Å². The van der Waals surface area contributed by atoms with E-state index in [1.54, 1.807) is 0 Å². The fourth-order valence-electron chi connectivity index (χ4n) is 2.61. The molecule has 1 heterocycles. The molecule has 1 aromatic heterocycles. The Balaban J connectivity index is 2.06. The van der Waals surface area contributed by atoms with Gasteiger partial charge < -0.3 is 15.4 Å². The smallest absolute Gasteiger partial charge is 0.224 e. The highest BCUT2D eigenvalue weighted by Crippen LogP contribution is 2.44. The predicted octanol–water partition coefficient (Wildman–Crippen LogP) is 2.83. The van der Waals surface area contributed by atoms with Crippen LogP contribution < -0.4 is 10.6 Å². The third-order valence-electron chi connectivity index (χ3n) is 4.16. The van der Waals surface area contributed by atoms with Crippen molar-refractivity contribution in [3.8, 4) is 0 Å². The summed E-state index contributed by atoms with van der Waals surface area (Å²) in [4.78, 5) is 8.82. The van der Waals surface area contributed by atoms with E-state index < -0.39 is 0 Å². The molecule has 1 aliphatic carbocycles. The number of hydrogen-bond donors (Lipinski definition) is 2. The molecule has 1 fully saturated rings. The number of aromatic nitrogens is 2. The second kappa shape index (κ2) is 5.95. The van der Waals surface area contributed by atoms with Crippen molar-refractivity contribution in [2.75, 3.05) is 23.8 Å². The van der Waals surface area contributed by atoms with Crippen LogP contribution in [-0.2, 0) is 4.74 Å². The van der Waals surface area contributed by atoms with Gasteiger partial charge in [-0.15, -0.1) is 0 Å². The lowest BCUT2D eigenvalue weighted by Crippen LogP contribution is -2.58. The summed E-state index contributed by atoms with van der Waals surface area (Å²) in [6.45, 7) is 12.2. The standard InChI is InChI=1S/C15H26N4O/c1-6-16-14-17-9-10(3)13(19-14)18-11-8-12(20-7-2)15(11,4)5/h9,11-12H,6-8H2,1-5H3,(H2,16,17,18,19). The molecule has 0 aromatic carbocycles. The summed E-state index contributed by atoms with van der Waals surface area (Å²) in [5, 5.41) is 6.70. The minimum absolute atomic E-state index is 0.131. The fourth-order valence-corrected chi connectivity index (χ4v) is 2.61. The molecule has 20 heavy (non-hydrogen) atoms. The summed E-state index contributed by atoms with van der Waals surface area (Å²) in [7, 11) is 0. The number of nitrogens with zero attached hydrogens (tertiary/aromatic N) is 2. The Kier molecular flexibility index (Phi) is 4.48. The second-order valence-corrected chi connectivity index (χ2v) is 5.95. The summed E-state index contributed by atoms with van der Waals surface area (Å²) in [6.07, 6.45) is 3.22. The van der Waals surface area contributed by atoms with E-state index in [0.717, 1.165) is 31.0 Å². The van der Waals surface area contributed by atoms with E-state index in [1.807, 2.05) is 27.0 Å². The Morgan fingerprint density at radius 1 is 1.40 bits per heavy atom. The van der Waals surface area contributed by atoms with Gasteiger partial charge >= 0.3 is 0 Å². The first-order valence-corrected chi connectivity index (χ1v) is 7.44. The van der Waals surface area contributed by atoms with Gasteiger partial charge in [0.25, 0.3) is 0 Å². The van der Waals surface area contributed by atoms with Crippen molar-refractivity contribution in [1.29, 1.82) is 0 Å². The molecular weight excluding hydrogens is 252 g/mol. The Hall–Kier alpha value is -1.36. The minimum Gasteiger partial charge on any atom is -0.378 e. The molecule has 0 aliphatic heterocycles. The Labute approximate surface area is 121 Å². The van der Waals surface area contributed by atoms with Crippen LogP contribution in [0.15, 0.2) is 6.20 Å². The van der Waals surface area contributed by atoms with Crippen LogP contribution in [0.5, 0.6) is 0 Å². The van der Waals surface area contributed by atoms with Crippen LogP contribution in [0.2, 0.25) is 0 Å². The van der Waals surface area contributed by atoms with Gasteiger partial charge in [-0.1, -0.05) is 13.8 Å². The van der Waals surface area contributed by atoms with Crippen molar-refractivity contribution in [3.63, 3.8) is 0 Å². The van der Waals surface area contributed by atoms with Crippen molar-refractivity contribution in [1.82, 2.24) is 9.97 Å². The van der Waals surface area contributed by atoms with Gasteiger partial charge in [-0.05, 0) is 27.2 Å². The molecule has 1 aromatic rings. The van der Waals surface area contributed by atoms with Crippen molar-refractivity contribution >= 4 is 11.8 Å². The fraction of sp³-hybridized carbons (Fsp3) is 0.733. The zero-order valence-corrected chi connectivity index (χ0v) is 13.2. The largest absolute Gasteiger partial charge is 0.378 e. The third kappa shape index (κ3) is 2.87. The lowest BCUT2D eigenvalue weighted by Gasteiger charge is -2.51. The Morgan fingerprint density at radius 2 is 2.15 bits per heavy atom. The van der Waals surface area contributed by atoms with Crippen LogP contribution in [0.1, 0.15) is 39.7 Å². The molecule has 0 saturated heterocycles. The van der Waals surface area contributed by atoms with Crippen molar-refractivity contribution < 1.29 is 4.74 Å². The lowest BCUT2D eigenvalue weighted by molar-refractivity contribution is -0.0976. The zero-order valence-electron chi connectivity index (χ0n) is 13.2. The zero-order chi connectivity index (χ0) is 14.8. The van der Waals surface area contributed by atoms with Gasteiger partial charge in [0.1, 0.15) is 5.82 Å². The van der Waals surface area contributed by atoms with E-state index in [-0.39, 0.29) is 5.41 Å². The number of rotatable bonds is 6. The second-order valence-electron chi connectivity index (χ2n) is 5.95. The van der Waals surface area contributed by atoms with E-state index in [4.69, 9.17) is 4.74 Å². The molecule has 112 valence electrons. The first-order valence-electron chi connectivity index (χ1n) is 7.44. The topological polar surface area (TPSA) is 59.1 Å². The van der Waals surface area contributed by atoms with Crippen molar-refractivity contribution in [2.24, 2.45) is 5.41 Å². The molecule has 1 aliphatic rings. The lowest BCUT2D eigenvalue weighted by atomic mass is 9.64. The van der Waals surface area contributed by atoms with E-state index >= 15 is 0 Å². The molecule has 2 N–H and O–H groups in total. The Bertz CT molecular complexity index is 461. The van der Waals surface area contributed by atoms with Crippen LogP contribution in [0.4, 0.5) is 11.8 Å². The van der Waals surface area contributed by atoms with E-state index in [9.17, 15) is 0 Å². The quantitative estimate of drug-likeness (QED) is 0.838. The first-order chi connectivity index (χ1) is 9.48. The number of hydrogen-bond acceptors (Lipinski definition) is 5.